The second-order valence-electron chi connectivity index (χ2n) is 5.03. The highest BCUT2D eigenvalue weighted by molar-refractivity contribution is 7.16. The van der Waals surface area contributed by atoms with Crippen molar-refractivity contribution in [2.75, 3.05) is 24.6 Å². The van der Waals surface area contributed by atoms with Crippen LogP contribution in [0.1, 0.15) is 40.6 Å². The number of aliphatic carboxylic acids is 1. The lowest BCUT2D eigenvalue weighted by Gasteiger charge is -2.21. The molecule has 118 valence electrons. The summed E-state index contributed by atoms with van der Waals surface area (Å²) in [5.74, 6) is 1.32. The number of nitrogens with zero attached hydrogens (tertiary/aromatic N) is 1. The molecule has 1 heterocycles. The van der Waals surface area contributed by atoms with Crippen molar-refractivity contribution in [1.82, 2.24) is 0 Å². The van der Waals surface area contributed by atoms with E-state index in [0.29, 0.717) is 12.2 Å². The number of carboxylic acids is 1. The molecule has 0 saturated carbocycles. The zero-order valence-electron chi connectivity index (χ0n) is 12.6. The summed E-state index contributed by atoms with van der Waals surface area (Å²) >= 11 is 1.54. The molecule has 0 fully saturated rings. The molecule has 0 unspecified atom stereocenters. The molecule has 0 spiro atoms. The molecule has 0 amide bonds. The predicted molar refractivity (Wildman–Crippen MR) is 85.6 cm³/mol. The van der Waals surface area contributed by atoms with Gasteiger partial charge in [-0.1, -0.05) is 5.92 Å². The summed E-state index contributed by atoms with van der Waals surface area (Å²) in [5.41, 5.74) is 1.63. The van der Waals surface area contributed by atoms with Crippen molar-refractivity contribution in [3.8, 4) is 12.3 Å². The Labute approximate surface area is 133 Å². The number of hydrogen-bond acceptors (Lipinski definition) is 5. The predicted octanol–water partition coefficient (Wildman–Crippen LogP) is 2.33. The van der Waals surface area contributed by atoms with Gasteiger partial charge in [-0.3, -0.25) is 4.79 Å². The molecule has 5 nitrogen and oxygen atoms in total. The van der Waals surface area contributed by atoms with Crippen molar-refractivity contribution in [2.24, 2.45) is 0 Å². The van der Waals surface area contributed by atoms with Crippen LogP contribution >= 0.6 is 11.3 Å². The Morgan fingerprint density at radius 1 is 1.45 bits per heavy atom. The number of carbonyl (C=O) groups is 2. The maximum absolute atomic E-state index is 12.3. The lowest BCUT2D eigenvalue weighted by Crippen LogP contribution is -2.27. The van der Waals surface area contributed by atoms with Crippen molar-refractivity contribution in [2.45, 2.75) is 32.6 Å². The lowest BCUT2D eigenvalue weighted by molar-refractivity contribution is -0.136. The Kier molecular flexibility index (Phi) is 5.45. The van der Waals surface area contributed by atoms with E-state index in [-0.39, 0.29) is 25.5 Å². The van der Waals surface area contributed by atoms with Crippen molar-refractivity contribution < 1.29 is 19.4 Å². The number of esters is 1. The summed E-state index contributed by atoms with van der Waals surface area (Å²) in [7, 11) is 0. The van der Waals surface area contributed by atoms with Crippen LogP contribution in [0.25, 0.3) is 0 Å². The molecule has 2 rings (SSSR count). The molecule has 0 aliphatic heterocycles. The van der Waals surface area contributed by atoms with Gasteiger partial charge < -0.3 is 14.7 Å². The van der Waals surface area contributed by atoms with Crippen molar-refractivity contribution in [3.05, 3.63) is 16.0 Å². The first-order chi connectivity index (χ1) is 10.6. The van der Waals surface area contributed by atoms with Crippen LogP contribution in [-0.2, 0) is 22.4 Å². The van der Waals surface area contributed by atoms with E-state index in [4.69, 9.17) is 16.3 Å². The summed E-state index contributed by atoms with van der Waals surface area (Å²) < 4.78 is 5.18. The Balaban J connectivity index is 2.37. The largest absolute Gasteiger partial charge is 0.481 e. The van der Waals surface area contributed by atoms with Gasteiger partial charge in [-0.15, -0.1) is 17.8 Å². The maximum atomic E-state index is 12.3. The minimum atomic E-state index is -0.885. The van der Waals surface area contributed by atoms with Crippen molar-refractivity contribution >= 4 is 28.3 Å². The molecule has 1 aliphatic rings. The zero-order valence-corrected chi connectivity index (χ0v) is 13.4. The number of anilines is 1. The topological polar surface area (TPSA) is 66.8 Å². The molecule has 0 bridgehead atoms. The summed E-state index contributed by atoms with van der Waals surface area (Å²) in [4.78, 5) is 26.1. The van der Waals surface area contributed by atoms with Crippen molar-refractivity contribution in [1.29, 1.82) is 0 Å². The molecular formula is C16H19NO4S. The minimum absolute atomic E-state index is 0.0213. The standard InChI is InChI=1S/C16H19NO4S/c1-3-9-17(10-8-13(18)19)15-14(16(20)21-4-2)11-6-5-7-12(11)22-15/h1H,4-10H2,2H3,(H,18,19). The van der Waals surface area contributed by atoms with Gasteiger partial charge in [0.1, 0.15) is 5.00 Å². The fourth-order valence-corrected chi connectivity index (χ4v) is 4.02. The summed E-state index contributed by atoms with van der Waals surface area (Å²) in [6.07, 6.45) is 8.23. The van der Waals surface area contributed by atoms with Crippen LogP contribution in [0.4, 0.5) is 5.00 Å². The number of ether oxygens (including phenoxy) is 1. The Bertz CT molecular complexity index is 614. The van der Waals surface area contributed by atoms with Gasteiger partial charge in [0.05, 0.1) is 25.1 Å². The fourth-order valence-electron chi connectivity index (χ4n) is 2.62. The Morgan fingerprint density at radius 3 is 2.86 bits per heavy atom. The number of thiophene rings is 1. The lowest BCUT2D eigenvalue weighted by atomic mass is 10.1. The number of carboxylic acid groups (broad SMARTS) is 1. The second-order valence-corrected chi connectivity index (χ2v) is 6.11. The number of hydrogen-bond donors (Lipinski definition) is 1. The van der Waals surface area contributed by atoms with Gasteiger partial charge in [0.15, 0.2) is 0 Å². The van der Waals surface area contributed by atoms with Crippen LogP contribution in [0.2, 0.25) is 0 Å². The molecule has 6 heteroatoms. The number of aryl methyl sites for hydroxylation is 1. The van der Waals surface area contributed by atoms with Gasteiger partial charge in [-0.05, 0) is 31.7 Å². The van der Waals surface area contributed by atoms with Crippen LogP contribution in [0.15, 0.2) is 0 Å². The fraction of sp³-hybridized carbons (Fsp3) is 0.500. The first-order valence-corrected chi connectivity index (χ1v) is 8.12. The van der Waals surface area contributed by atoms with E-state index >= 15 is 0 Å². The van der Waals surface area contributed by atoms with Gasteiger partial charge in [0, 0.05) is 11.4 Å². The average molecular weight is 321 g/mol. The maximum Gasteiger partial charge on any atom is 0.341 e. The van der Waals surface area contributed by atoms with E-state index in [1.807, 2.05) is 0 Å². The first kappa shape index (κ1) is 16.4. The van der Waals surface area contributed by atoms with E-state index in [9.17, 15) is 9.59 Å². The number of carbonyl (C=O) groups excluding carboxylic acids is 1. The van der Waals surface area contributed by atoms with Crippen LogP contribution < -0.4 is 4.90 Å². The normalized spacial score (nSPS) is 12.5. The Hall–Kier alpha value is -2.00. The third-order valence-electron chi connectivity index (χ3n) is 3.55. The third kappa shape index (κ3) is 3.42. The highest BCUT2D eigenvalue weighted by atomic mass is 32.1. The highest BCUT2D eigenvalue weighted by Gasteiger charge is 2.29. The summed E-state index contributed by atoms with van der Waals surface area (Å²) in [6, 6.07) is 0. The van der Waals surface area contributed by atoms with E-state index in [1.54, 1.807) is 11.8 Å². The minimum Gasteiger partial charge on any atom is -0.481 e. The van der Waals surface area contributed by atoms with Crippen molar-refractivity contribution in [3.63, 3.8) is 0 Å². The number of rotatable bonds is 7. The van der Waals surface area contributed by atoms with Gasteiger partial charge >= 0.3 is 11.9 Å². The van der Waals surface area contributed by atoms with Gasteiger partial charge in [-0.25, -0.2) is 4.79 Å². The van der Waals surface area contributed by atoms with Crippen LogP contribution in [0.5, 0.6) is 0 Å². The first-order valence-electron chi connectivity index (χ1n) is 7.30. The number of terminal acetylenes is 1. The van der Waals surface area contributed by atoms with Crippen LogP contribution in [0.3, 0.4) is 0 Å². The van der Waals surface area contributed by atoms with Gasteiger partial charge in [0.2, 0.25) is 0 Å². The summed E-state index contributed by atoms with van der Waals surface area (Å²) in [5, 5.41) is 9.64. The van der Waals surface area contributed by atoms with Crippen LogP contribution in [0, 0.1) is 12.3 Å². The SMILES string of the molecule is C#CCN(CCC(=O)O)c1sc2c(c1C(=O)OCC)CCC2. The van der Waals surface area contributed by atoms with E-state index in [0.717, 1.165) is 29.8 Å². The quantitative estimate of drug-likeness (QED) is 0.617. The second kappa shape index (κ2) is 7.32. The van der Waals surface area contributed by atoms with E-state index < -0.39 is 5.97 Å². The molecule has 22 heavy (non-hydrogen) atoms. The van der Waals surface area contributed by atoms with E-state index in [2.05, 4.69) is 5.92 Å². The van der Waals surface area contributed by atoms with Gasteiger partial charge in [0.25, 0.3) is 0 Å². The summed E-state index contributed by atoms with van der Waals surface area (Å²) in [6.45, 7) is 2.64. The third-order valence-corrected chi connectivity index (χ3v) is 4.90. The van der Waals surface area contributed by atoms with E-state index in [1.165, 1.54) is 16.2 Å². The molecule has 1 aromatic heterocycles. The monoisotopic (exact) mass is 321 g/mol. The molecule has 0 saturated heterocycles. The zero-order chi connectivity index (χ0) is 16.1. The van der Waals surface area contributed by atoms with Gasteiger partial charge in [-0.2, -0.15) is 0 Å². The molecule has 0 atom stereocenters. The molecule has 1 aromatic rings. The average Bonchev–Trinajstić information content (AvgIpc) is 3.03. The molecule has 1 N–H and O–H groups in total. The highest BCUT2D eigenvalue weighted by Crippen LogP contribution is 2.41. The molecular weight excluding hydrogens is 302 g/mol. The number of fused-ring (bicyclic) bond motifs is 1. The smallest absolute Gasteiger partial charge is 0.341 e. The Morgan fingerprint density at radius 2 is 2.23 bits per heavy atom. The van der Waals surface area contributed by atoms with Crippen LogP contribution in [-0.4, -0.2) is 36.7 Å². The molecule has 1 aliphatic carbocycles. The molecule has 0 aromatic carbocycles. The molecule has 0 radical (unpaired) electrons.